The van der Waals surface area contributed by atoms with E-state index in [1.807, 2.05) is 5.10 Å². The lowest BCUT2D eigenvalue weighted by molar-refractivity contribution is -0.140. The first-order valence-electron chi connectivity index (χ1n) is 5.67. The van der Waals surface area contributed by atoms with Crippen molar-refractivity contribution in [2.24, 2.45) is 0 Å². The Hall–Kier alpha value is -2.49. The molecule has 3 rings (SSSR count). The number of nitrogens with one attached hydrogen (secondary N) is 2. The van der Waals surface area contributed by atoms with Crippen LogP contribution in [0.5, 0.6) is 0 Å². The van der Waals surface area contributed by atoms with Crippen LogP contribution in [0.1, 0.15) is 5.69 Å². The number of hydrogen-bond donors (Lipinski definition) is 2. The van der Waals surface area contributed by atoms with E-state index in [-0.39, 0.29) is 11.4 Å². The average molecular weight is 312 g/mol. The highest BCUT2D eigenvalue weighted by Crippen LogP contribution is 2.35. The quantitative estimate of drug-likeness (QED) is 0.777. The van der Waals surface area contributed by atoms with Crippen molar-refractivity contribution in [2.45, 2.75) is 6.18 Å². The fourth-order valence-corrected chi connectivity index (χ4v) is 2.19. The van der Waals surface area contributed by atoms with E-state index in [4.69, 9.17) is 0 Å². The highest BCUT2D eigenvalue weighted by molar-refractivity contribution is 7.09. The van der Waals surface area contributed by atoms with E-state index in [2.05, 4.69) is 24.8 Å². The number of aromatic nitrogens is 5. The molecule has 0 saturated carbocycles. The number of anilines is 2. The summed E-state index contributed by atoms with van der Waals surface area (Å²) < 4.78 is 42.2. The van der Waals surface area contributed by atoms with Crippen molar-refractivity contribution >= 4 is 22.5 Å². The Morgan fingerprint density at radius 3 is 2.81 bits per heavy atom. The van der Waals surface area contributed by atoms with Crippen LogP contribution in [0, 0.1) is 0 Å². The van der Waals surface area contributed by atoms with E-state index in [1.165, 1.54) is 0 Å². The molecule has 3 heterocycles. The molecule has 0 aliphatic carbocycles. The Bertz CT molecular complexity index is 736. The zero-order valence-electron chi connectivity index (χ0n) is 10.2. The molecular weight excluding hydrogens is 305 g/mol. The molecule has 0 aliphatic heterocycles. The molecule has 10 heteroatoms. The van der Waals surface area contributed by atoms with Crippen LogP contribution in [-0.4, -0.2) is 24.5 Å². The van der Waals surface area contributed by atoms with Crippen LogP contribution in [0.15, 0.2) is 30.6 Å². The smallest absolute Gasteiger partial charge is 0.315 e. The summed E-state index contributed by atoms with van der Waals surface area (Å²) in [6.07, 6.45) is -1.90. The summed E-state index contributed by atoms with van der Waals surface area (Å²) in [5.41, 5.74) is -1.16. The van der Waals surface area contributed by atoms with Crippen molar-refractivity contribution in [3.8, 4) is 11.4 Å². The summed E-state index contributed by atoms with van der Waals surface area (Å²) in [5.74, 6) is 0.489. The molecule has 0 unspecified atom stereocenters. The molecule has 0 aliphatic rings. The van der Waals surface area contributed by atoms with Crippen molar-refractivity contribution in [3.05, 3.63) is 36.3 Å². The second-order valence-electron chi connectivity index (χ2n) is 3.92. The first-order valence-corrected chi connectivity index (χ1v) is 6.44. The van der Waals surface area contributed by atoms with Crippen LogP contribution in [0.3, 0.4) is 0 Å². The van der Waals surface area contributed by atoms with E-state index in [0.717, 1.165) is 17.7 Å². The van der Waals surface area contributed by atoms with Gasteiger partial charge in [-0.2, -0.15) is 27.6 Å². The lowest BCUT2D eigenvalue weighted by atomic mass is 10.2. The van der Waals surface area contributed by atoms with Crippen LogP contribution in [0.4, 0.5) is 24.1 Å². The largest absolute Gasteiger partial charge is 0.433 e. The maximum atomic E-state index is 12.8. The number of H-pyrrole nitrogens is 1. The highest BCUT2D eigenvalue weighted by atomic mass is 32.1. The minimum atomic E-state index is -4.54. The third-order valence-corrected chi connectivity index (χ3v) is 3.12. The third-order valence-electron chi connectivity index (χ3n) is 2.49. The maximum absolute atomic E-state index is 12.8. The van der Waals surface area contributed by atoms with Crippen LogP contribution >= 0.6 is 11.5 Å². The molecule has 0 bridgehead atoms. The van der Waals surface area contributed by atoms with Gasteiger partial charge in [0.25, 0.3) is 0 Å². The number of halogens is 3. The Morgan fingerprint density at radius 1 is 1.24 bits per heavy atom. The first-order chi connectivity index (χ1) is 10.0. The summed E-state index contributed by atoms with van der Waals surface area (Å²) >= 11 is 0.941. The van der Waals surface area contributed by atoms with Gasteiger partial charge >= 0.3 is 6.18 Å². The number of aromatic amines is 1. The first kappa shape index (κ1) is 13.5. The molecule has 0 fully saturated rings. The second-order valence-corrected chi connectivity index (χ2v) is 4.67. The molecule has 0 saturated heterocycles. The van der Waals surface area contributed by atoms with Gasteiger partial charge in [-0.15, -0.1) is 0 Å². The molecule has 0 aromatic carbocycles. The summed E-state index contributed by atoms with van der Waals surface area (Å²) in [6.45, 7) is 0. The van der Waals surface area contributed by atoms with Gasteiger partial charge in [0.1, 0.15) is 5.82 Å². The topological polar surface area (TPSA) is 79.4 Å². The Kier molecular flexibility index (Phi) is 3.29. The molecule has 0 radical (unpaired) electrons. The van der Waals surface area contributed by atoms with Crippen molar-refractivity contribution in [2.75, 3.05) is 5.32 Å². The zero-order chi connectivity index (χ0) is 14.9. The van der Waals surface area contributed by atoms with E-state index in [0.29, 0.717) is 10.9 Å². The van der Waals surface area contributed by atoms with E-state index < -0.39 is 11.9 Å². The molecule has 108 valence electrons. The van der Waals surface area contributed by atoms with Gasteiger partial charge in [-0.1, -0.05) is 6.07 Å². The zero-order valence-corrected chi connectivity index (χ0v) is 11.0. The lowest BCUT2D eigenvalue weighted by Crippen LogP contribution is -2.07. The Labute approximate surface area is 120 Å². The minimum absolute atomic E-state index is 0.0421. The van der Waals surface area contributed by atoms with E-state index in [9.17, 15) is 13.2 Å². The number of pyridine rings is 1. The van der Waals surface area contributed by atoms with E-state index >= 15 is 0 Å². The van der Waals surface area contributed by atoms with Crippen molar-refractivity contribution in [3.63, 3.8) is 0 Å². The van der Waals surface area contributed by atoms with Crippen LogP contribution in [0.25, 0.3) is 11.4 Å². The van der Waals surface area contributed by atoms with E-state index in [1.54, 1.807) is 24.4 Å². The van der Waals surface area contributed by atoms with Crippen molar-refractivity contribution < 1.29 is 13.2 Å². The van der Waals surface area contributed by atoms with Gasteiger partial charge < -0.3 is 5.32 Å². The summed E-state index contributed by atoms with van der Waals surface area (Å²) in [7, 11) is 0. The number of rotatable bonds is 3. The fourth-order valence-electron chi connectivity index (χ4n) is 1.60. The molecule has 2 N–H and O–H groups in total. The third kappa shape index (κ3) is 2.84. The minimum Gasteiger partial charge on any atom is -0.315 e. The molecule has 3 aromatic rings. The van der Waals surface area contributed by atoms with Crippen LogP contribution < -0.4 is 5.32 Å². The monoisotopic (exact) mass is 312 g/mol. The number of alkyl halides is 3. The summed E-state index contributed by atoms with van der Waals surface area (Å²) in [6, 6.07) is 5.23. The normalized spacial score (nSPS) is 11.6. The van der Waals surface area contributed by atoms with Gasteiger partial charge in [-0.05, 0) is 12.1 Å². The molecule has 0 spiro atoms. The summed E-state index contributed by atoms with van der Waals surface area (Å²) in [5, 5.41) is 8.54. The van der Waals surface area contributed by atoms with Crippen LogP contribution in [0.2, 0.25) is 0 Å². The van der Waals surface area contributed by atoms with Gasteiger partial charge in [0, 0.05) is 17.7 Å². The molecule has 3 aromatic heterocycles. The molecule has 0 amide bonds. The molecule has 21 heavy (non-hydrogen) atoms. The van der Waals surface area contributed by atoms with Gasteiger partial charge in [-0.25, -0.2) is 4.98 Å². The lowest BCUT2D eigenvalue weighted by Gasteiger charge is -2.04. The SMILES string of the molecule is FC(F)(F)c1[nH]ncc1-c1nsc(Nc2ccccn2)n1. The van der Waals surface area contributed by atoms with Gasteiger partial charge in [0.2, 0.25) is 5.13 Å². The Balaban J connectivity index is 1.88. The van der Waals surface area contributed by atoms with Crippen LogP contribution in [-0.2, 0) is 6.18 Å². The standard InChI is InChI=1S/C11H7F3N6S/c12-11(13,14)8-6(5-16-19-8)9-18-10(21-20-9)17-7-3-1-2-4-15-7/h1-5H,(H,16,19)(H,15,17,18,20). The maximum Gasteiger partial charge on any atom is 0.433 e. The number of hydrogen-bond acceptors (Lipinski definition) is 6. The molecule has 6 nitrogen and oxygen atoms in total. The highest BCUT2D eigenvalue weighted by Gasteiger charge is 2.37. The second kappa shape index (κ2) is 5.13. The molecule has 0 atom stereocenters. The van der Waals surface area contributed by atoms with Gasteiger partial charge in [-0.3, -0.25) is 5.10 Å². The van der Waals surface area contributed by atoms with Crippen molar-refractivity contribution in [1.29, 1.82) is 0 Å². The van der Waals surface area contributed by atoms with Gasteiger partial charge in [0.15, 0.2) is 11.5 Å². The predicted molar refractivity (Wildman–Crippen MR) is 70.0 cm³/mol. The van der Waals surface area contributed by atoms with Gasteiger partial charge in [0.05, 0.1) is 11.8 Å². The average Bonchev–Trinajstić information content (AvgIpc) is 3.07. The fraction of sp³-hybridized carbons (Fsp3) is 0.0909. The summed E-state index contributed by atoms with van der Waals surface area (Å²) in [4.78, 5) is 8.05. The number of nitrogens with zero attached hydrogens (tertiary/aromatic N) is 4. The molecular formula is C11H7F3N6S. The van der Waals surface area contributed by atoms with Crippen molar-refractivity contribution in [1.82, 2.24) is 24.5 Å². The Morgan fingerprint density at radius 2 is 2.10 bits per heavy atom. The predicted octanol–water partition coefficient (Wildman–Crippen LogP) is 3.09.